The zero-order valence-electron chi connectivity index (χ0n) is 12.4. The second kappa shape index (κ2) is 6.75. The van der Waals surface area contributed by atoms with Crippen molar-refractivity contribution in [3.05, 3.63) is 29.3 Å². The van der Waals surface area contributed by atoms with Crippen molar-refractivity contribution in [1.29, 1.82) is 0 Å². The van der Waals surface area contributed by atoms with Crippen molar-refractivity contribution in [2.24, 2.45) is 0 Å². The van der Waals surface area contributed by atoms with Crippen molar-refractivity contribution < 1.29 is 9.90 Å². The monoisotopic (exact) mass is 276 g/mol. The standard InChI is InChI=1S/C16H24N2O2/c1-3-10-18(11-13-6-5-9-17-13)16(20)14-7-4-8-15(19)12(14)2/h4,7-8,13,17,19H,3,5-6,9-11H2,1-2H3. The Hall–Kier alpha value is -1.55. The molecule has 1 saturated heterocycles. The van der Waals surface area contributed by atoms with Crippen LogP contribution in [0.3, 0.4) is 0 Å². The first kappa shape index (κ1) is 14.9. The molecule has 0 aliphatic carbocycles. The van der Waals surface area contributed by atoms with Crippen LogP contribution < -0.4 is 5.32 Å². The maximum Gasteiger partial charge on any atom is 0.254 e. The highest BCUT2D eigenvalue weighted by Gasteiger charge is 2.23. The van der Waals surface area contributed by atoms with Gasteiger partial charge in [0.2, 0.25) is 0 Å². The molecule has 4 nitrogen and oxygen atoms in total. The van der Waals surface area contributed by atoms with Crippen LogP contribution in [0.5, 0.6) is 5.75 Å². The highest BCUT2D eigenvalue weighted by atomic mass is 16.3. The molecule has 1 fully saturated rings. The Kier molecular flexibility index (Phi) is 5.01. The average Bonchev–Trinajstić information content (AvgIpc) is 2.94. The topological polar surface area (TPSA) is 52.6 Å². The third kappa shape index (κ3) is 3.31. The van der Waals surface area contributed by atoms with Crippen LogP contribution in [-0.4, -0.2) is 41.6 Å². The number of aromatic hydroxyl groups is 1. The SMILES string of the molecule is CCCN(CC1CCCN1)C(=O)c1cccc(O)c1C. The van der Waals surface area contributed by atoms with Crippen LogP contribution in [0, 0.1) is 6.92 Å². The van der Waals surface area contributed by atoms with E-state index in [2.05, 4.69) is 12.2 Å². The molecule has 0 spiro atoms. The number of phenolic OH excluding ortho intramolecular Hbond substituents is 1. The van der Waals surface area contributed by atoms with Gasteiger partial charge in [-0.15, -0.1) is 0 Å². The quantitative estimate of drug-likeness (QED) is 0.867. The van der Waals surface area contributed by atoms with Gasteiger partial charge in [-0.05, 0) is 44.9 Å². The summed E-state index contributed by atoms with van der Waals surface area (Å²) in [5.74, 6) is 0.209. The highest BCUT2D eigenvalue weighted by molar-refractivity contribution is 5.96. The molecule has 1 aliphatic heterocycles. The van der Waals surface area contributed by atoms with Crippen molar-refractivity contribution >= 4 is 5.91 Å². The molecule has 1 aliphatic rings. The Labute approximate surface area is 120 Å². The lowest BCUT2D eigenvalue weighted by Crippen LogP contribution is -2.41. The van der Waals surface area contributed by atoms with Crippen LogP contribution in [0.2, 0.25) is 0 Å². The lowest BCUT2D eigenvalue weighted by Gasteiger charge is -2.26. The second-order valence-corrected chi connectivity index (χ2v) is 5.49. The summed E-state index contributed by atoms with van der Waals surface area (Å²) in [6, 6.07) is 5.55. The Morgan fingerprint density at radius 3 is 2.95 bits per heavy atom. The van der Waals surface area contributed by atoms with Gasteiger partial charge in [0.15, 0.2) is 0 Å². The second-order valence-electron chi connectivity index (χ2n) is 5.49. The molecular weight excluding hydrogens is 252 g/mol. The number of rotatable bonds is 5. The first-order valence-electron chi connectivity index (χ1n) is 7.44. The Morgan fingerprint density at radius 2 is 2.30 bits per heavy atom. The predicted octanol–water partition coefficient (Wildman–Crippen LogP) is 2.30. The van der Waals surface area contributed by atoms with E-state index in [-0.39, 0.29) is 11.7 Å². The summed E-state index contributed by atoms with van der Waals surface area (Å²) >= 11 is 0. The maximum absolute atomic E-state index is 12.7. The third-order valence-corrected chi connectivity index (χ3v) is 3.92. The number of phenols is 1. The number of amides is 1. The van der Waals surface area contributed by atoms with Crippen LogP contribution in [0.4, 0.5) is 0 Å². The summed E-state index contributed by atoms with van der Waals surface area (Å²) < 4.78 is 0. The van der Waals surface area contributed by atoms with Crippen LogP contribution >= 0.6 is 0 Å². The van der Waals surface area contributed by atoms with Crippen LogP contribution in [-0.2, 0) is 0 Å². The molecule has 0 radical (unpaired) electrons. The van der Waals surface area contributed by atoms with Crippen LogP contribution in [0.1, 0.15) is 42.1 Å². The molecule has 1 amide bonds. The zero-order chi connectivity index (χ0) is 14.5. The predicted molar refractivity (Wildman–Crippen MR) is 80.1 cm³/mol. The van der Waals surface area contributed by atoms with E-state index in [0.29, 0.717) is 17.2 Å². The molecule has 1 unspecified atom stereocenters. The van der Waals surface area contributed by atoms with E-state index in [9.17, 15) is 9.90 Å². The fourth-order valence-corrected chi connectivity index (χ4v) is 2.75. The average molecular weight is 276 g/mol. The largest absolute Gasteiger partial charge is 0.508 e. The van der Waals surface area contributed by atoms with Crippen molar-refractivity contribution in [2.45, 2.75) is 39.2 Å². The first-order valence-corrected chi connectivity index (χ1v) is 7.44. The number of carbonyl (C=O) groups excluding carboxylic acids is 1. The molecule has 1 atom stereocenters. The number of hydrogen-bond acceptors (Lipinski definition) is 3. The van der Waals surface area contributed by atoms with Gasteiger partial charge >= 0.3 is 0 Å². The molecule has 20 heavy (non-hydrogen) atoms. The number of hydrogen-bond donors (Lipinski definition) is 2. The Balaban J connectivity index is 2.14. The van der Waals surface area contributed by atoms with Crippen molar-refractivity contribution in [2.75, 3.05) is 19.6 Å². The molecule has 2 N–H and O–H groups in total. The van der Waals surface area contributed by atoms with Gasteiger partial charge in [0.1, 0.15) is 5.75 Å². The van der Waals surface area contributed by atoms with E-state index < -0.39 is 0 Å². The van der Waals surface area contributed by atoms with E-state index in [4.69, 9.17) is 0 Å². The smallest absolute Gasteiger partial charge is 0.254 e. The highest BCUT2D eigenvalue weighted by Crippen LogP contribution is 2.21. The molecule has 110 valence electrons. The lowest BCUT2D eigenvalue weighted by atomic mass is 10.1. The normalized spacial score (nSPS) is 18.2. The molecule has 4 heteroatoms. The van der Waals surface area contributed by atoms with Crippen molar-refractivity contribution in [3.8, 4) is 5.75 Å². The first-order chi connectivity index (χ1) is 9.63. The number of nitrogens with zero attached hydrogens (tertiary/aromatic N) is 1. The maximum atomic E-state index is 12.7. The number of carbonyl (C=O) groups is 1. The Morgan fingerprint density at radius 1 is 1.50 bits per heavy atom. The van der Waals surface area contributed by atoms with Gasteiger partial charge in [0.05, 0.1) is 0 Å². The van der Waals surface area contributed by atoms with Crippen molar-refractivity contribution in [3.63, 3.8) is 0 Å². The zero-order valence-corrected chi connectivity index (χ0v) is 12.4. The third-order valence-electron chi connectivity index (χ3n) is 3.92. The van der Waals surface area contributed by atoms with Gasteiger partial charge in [0, 0.05) is 30.3 Å². The molecule has 0 aromatic heterocycles. The van der Waals surface area contributed by atoms with E-state index in [1.54, 1.807) is 25.1 Å². The molecular formula is C16H24N2O2. The van der Waals surface area contributed by atoms with E-state index in [0.717, 1.165) is 32.5 Å². The molecule has 1 aromatic carbocycles. The summed E-state index contributed by atoms with van der Waals surface area (Å²) in [6.07, 6.45) is 3.26. The van der Waals surface area contributed by atoms with Gasteiger partial charge < -0.3 is 15.3 Å². The molecule has 1 heterocycles. The van der Waals surface area contributed by atoms with E-state index in [1.165, 1.54) is 6.42 Å². The molecule has 2 rings (SSSR count). The summed E-state index contributed by atoms with van der Waals surface area (Å²) in [5.41, 5.74) is 1.27. The molecule has 1 aromatic rings. The minimum atomic E-state index is 0.0222. The van der Waals surface area contributed by atoms with E-state index >= 15 is 0 Å². The molecule has 0 saturated carbocycles. The fraction of sp³-hybridized carbons (Fsp3) is 0.562. The van der Waals surface area contributed by atoms with Crippen molar-refractivity contribution in [1.82, 2.24) is 10.2 Å². The van der Waals surface area contributed by atoms with Gasteiger partial charge in [-0.1, -0.05) is 13.0 Å². The molecule has 0 bridgehead atoms. The summed E-state index contributed by atoms with van der Waals surface area (Å²) in [4.78, 5) is 14.6. The van der Waals surface area contributed by atoms with Crippen LogP contribution in [0.25, 0.3) is 0 Å². The minimum Gasteiger partial charge on any atom is -0.508 e. The lowest BCUT2D eigenvalue weighted by molar-refractivity contribution is 0.0740. The fourth-order valence-electron chi connectivity index (χ4n) is 2.75. The minimum absolute atomic E-state index is 0.0222. The van der Waals surface area contributed by atoms with Gasteiger partial charge in [0.25, 0.3) is 5.91 Å². The number of nitrogens with one attached hydrogen (secondary N) is 1. The summed E-state index contributed by atoms with van der Waals surface area (Å²) in [6.45, 7) is 6.43. The van der Waals surface area contributed by atoms with E-state index in [1.807, 2.05) is 4.90 Å². The van der Waals surface area contributed by atoms with Gasteiger partial charge in [-0.2, -0.15) is 0 Å². The van der Waals surface area contributed by atoms with Crippen LogP contribution in [0.15, 0.2) is 18.2 Å². The summed E-state index contributed by atoms with van der Waals surface area (Å²) in [5, 5.41) is 13.2. The van der Waals surface area contributed by atoms with Gasteiger partial charge in [-0.3, -0.25) is 4.79 Å². The number of benzene rings is 1. The summed E-state index contributed by atoms with van der Waals surface area (Å²) in [7, 11) is 0. The van der Waals surface area contributed by atoms with Gasteiger partial charge in [-0.25, -0.2) is 0 Å². The Bertz CT molecular complexity index is 468.